The van der Waals surface area contributed by atoms with Gasteiger partial charge in [0.2, 0.25) is 0 Å². The van der Waals surface area contributed by atoms with E-state index >= 15 is 0 Å². The van der Waals surface area contributed by atoms with E-state index in [1.807, 2.05) is 6.08 Å². The molecule has 0 rings (SSSR count). The zero-order valence-corrected chi connectivity index (χ0v) is 12.4. The van der Waals surface area contributed by atoms with Crippen LogP contribution in [-0.2, 0) is 0 Å². The molecule has 0 atom stereocenters. The molecule has 0 saturated heterocycles. The number of aliphatic hydroxyl groups excluding tert-OH is 1. The topological polar surface area (TPSA) is 20.2 Å². The van der Waals surface area contributed by atoms with Crippen LogP contribution < -0.4 is 0 Å². The first kappa shape index (κ1) is 18.8. The molecule has 1 nitrogen and oxygen atoms in total. The normalized spacial score (nSPS) is 12.1. The Kier molecular flexibility index (Phi) is 13.2. The van der Waals surface area contributed by atoms with Gasteiger partial charge in [-0.1, -0.05) is 34.9 Å². The summed E-state index contributed by atoms with van der Waals surface area (Å²) >= 11 is 0. The van der Waals surface area contributed by atoms with Crippen molar-refractivity contribution in [2.24, 2.45) is 0 Å². The maximum atomic E-state index is 8.72. The summed E-state index contributed by atoms with van der Waals surface area (Å²) < 4.78 is 0. The smallest absolute Gasteiger partial charge is 0.0614 e. The second-order valence-corrected chi connectivity index (χ2v) is 4.64. The van der Waals surface area contributed by atoms with Crippen LogP contribution in [-0.4, -0.2) is 11.7 Å². The zero-order chi connectivity index (χ0) is 12.4. The molecule has 0 aromatic rings. The van der Waals surface area contributed by atoms with Crippen LogP contribution in [0.1, 0.15) is 53.4 Å². The number of hydrogen-bond donors (Lipinski definition) is 1. The lowest BCUT2D eigenvalue weighted by Gasteiger charge is -2.00. The third-order valence-electron chi connectivity index (χ3n) is 2.56. The average molecular weight is 259 g/mol. The predicted molar refractivity (Wildman–Crippen MR) is 79.7 cm³/mol. The van der Waals surface area contributed by atoms with E-state index in [1.165, 1.54) is 16.7 Å². The number of rotatable bonds is 7. The van der Waals surface area contributed by atoms with Gasteiger partial charge in [-0.25, -0.2) is 0 Å². The lowest BCUT2D eigenvalue weighted by Crippen LogP contribution is -1.82. The molecule has 17 heavy (non-hydrogen) atoms. The second-order valence-electron chi connectivity index (χ2n) is 4.64. The highest BCUT2D eigenvalue weighted by atomic mass is 35.5. The van der Waals surface area contributed by atoms with Crippen LogP contribution in [0.15, 0.2) is 34.9 Å². The van der Waals surface area contributed by atoms with Gasteiger partial charge < -0.3 is 5.11 Å². The Labute approximate surface area is 113 Å². The summed E-state index contributed by atoms with van der Waals surface area (Å²) in [7, 11) is 0. The summed E-state index contributed by atoms with van der Waals surface area (Å²) in [4.78, 5) is 0. The molecule has 0 unspecified atom stereocenters. The minimum atomic E-state index is 0. The molecule has 2 heteroatoms. The van der Waals surface area contributed by atoms with Gasteiger partial charge in [0.25, 0.3) is 0 Å². The Morgan fingerprint density at radius 2 is 1.29 bits per heavy atom. The van der Waals surface area contributed by atoms with Gasteiger partial charge in [-0.05, 0) is 53.4 Å². The molecule has 0 spiro atoms. The lowest BCUT2D eigenvalue weighted by atomic mass is 10.1. The minimum absolute atomic E-state index is 0. The van der Waals surface area contributed by atoms with Gasteiger partial charge >= 0.3 is 0 Å². The largest absolute Gasteiger partial charge is 0.392 e. The van der Waals surface area contributed by atoms with Gasteiger partial charge in [-0.2, -0.15) is 0 Å². The number of aliphatic hydroxyl groups is 1. The van der Waals surface area contributed by atoms with Crippen LogP contribution in [0, 0.1) is 0 Å². The number of halogens is 1. The average Bonchev–Trinajstić information content (AvgIpc) is 2.17. The van der Waals surface area contributed by atoms with E-state index in [0.29, 0.717) is 0 Å². The van der Waals surface area contributed by atoms with Crippen molar-refractivity contribution in [1.82, 2.24) is 0 Å². The molecule has 100 valence electrons. The SMILES string of the molecule is CC(C)=CCCC(C)=CCCC(C)=CCO.Cl. The fraction of sp³-hybridized carbons (Fsp3) is 0.600. The number of hydrogen-bond acceptors (Lipinski definition) is 1. The molecule has 0 radical (unpaired) electrons. The van der Waals surface area contributed by atoms with E-state index in [1.54, 1.807) is 0 Å². The van der Waals surface area contributed by atoms with Crippen molar-refractivity contribution >= 4 is 12.4 Å². The molecule has 0 bridgehead atoms. The molecule has 0 aliphatic carbocycles. The fourth-order valence-electron chi connectivity index (χ4n) is 1.49. The maximum absolute atomic E-state index is 8.72. The second kappa shape index (κ2) is 11.9. The molecule has 0 aromatic heterocycles. The van der Waals surface area contributed by atoms with Crippen molar-refractivity contribution in [2.75, 3.05) is 6.61 Å². The summed E-state index contributed by atoms with van der Waals surface area (Å²) in [5.41, 5.74) is 4.14. The van der Waals surface area contributed by atoms with Crippen LogP contribution in [0.5, 0.6) is 0 Å². The highest BCUT2D eigenvalue weighted by molar-refractivity contribution is 5.85. The van der Waals surface area contributed by atoms with Crippen molar-refractivity contribution in [2.45, 2.75) is 53.4 Å². The fourth-order valence-corrected chi connectivity index (χ4v) is 1.49. The van der Waals surface area contributed by atoms with Crippen molar-refractivity contribution in [1.29, 1.82) is 0 Å². The Hall–Kier alpha value is -0.530. The molecule has 0 saturated carbocycles. The third kappa shape index (κ3) is 13.4. The Balaban J connectivity index is 0. The first-order chi connectivity index (χ1) is 7.56. The summed E-state index contributed by atoms with van der Waals surface area (Å²) in [5, 5.41) is 8.72. The molecule has 1 N–H and O–H groups in total. The monoisotopic (exact) mass is 258 g/mol. The molecule has 0 aliphatic rings. The maximum Gasteiger partial charge on any atom is 0.0614 e. The van der Waals surface area contributed by atoms with E-state index in [4.69, 9.17) is 5.11 Å². The Bertz CT molecular complexity index is 271. The van der Waals surface area contributed by atoms with Crippen molar-refractivity contribution in [3.63, 3.8) is 0 Å². The summed E-state index contributed by atoms with van der Waals surface area (Å²) in [6.45, 7) is 8.71. The lowest BCUT2D eigenvalue weighted by molar-refractivity contribution is 0.341. The molecular weight excluding hydrogens is 232 g/mol. The third-order valence-corrected chi connectivity index (χ3v) is 2.56. The van der Waals surface area contributed by atoms with Crippen LogP contribution >= 0.6 is 12.4 Å². The van der Waals surface area contributed by atoms with E-state index in [2.05, 4.69) is 39.8 Å². The van der Waals surface area contributed by atoms with Gasteiger partial charge in [0.1, 0.15) is 0 Å². The highest BCUT2D eigenvalue weighted by Crippen LogP contribution is 2.10. The molecule has 0 aliphatic heterocycles. The van der Waals surface area contributed by atoms with E-state index in [9.17, 15) is 0 Å². The van der Waals surface area contributed by atoms with E-state index < -0.39 is 0 Å². The van der Waals surface area contributed by atoms with Crippen molar-refractivity contribution in [3.8, 4) is 0 Å². The number of allylic oxidation sites excluding steroid dienone is 5. The quantitative estimate of drug-likeness (QED) is 0.649. The summed E-state index contributed by atoms with van der Waals surface area (Å²) in [5.74, 6) is 0. The van der Waals surface area contributed by atoms with Crippen molar-refractivity contribution in [3.05, 3.63) is 34.9 Å². The van der Waals surface area contributed by atoms with Gasteiger partial charge in [0, 0.05) is 0 Å². The van der Waals surface area contributed by atoms with Crippen LogP contribution in [0.3, 0.4) is 0 Å². The Morgan fingerprint density at radius 3 is 1.76 bits per heavy atom. The zero-order valence-electron chi connectivity index (χ0n) is 11.6. The van der Waals surface area contributed by atoms with Gasteiger partial charge in [0.15, 0.2) is 0 Å². The minimum Gasteiger partial charge on any atom is -0.392 e. The molecular formula is C15H27ClO. The van der Waals surface area contributed by atoms with Crippen molar-refractivity contribution < 1.29 is 5.11 Å². The van der Waals surface area contributed by atoms with Crippen LogP contribution in [0.25, 0.3) is 0 Å². The highest BCUT2D eigenvalue weighted by Gasteiger charge is 1.91. The summed E-state index contributed by atoms with van der Waals surface area (Å²) in [6.07, 6.45) is 10.9. The standard InChI is InChI=1S/C15H26O.ClH/c1-13(2)7-5-8-14(3)9-6-10-15(4)11-12-16;/h7,9,11,16H,5-6,8,10,12H2,1-4H3;1H. The van der Waals surface area contributed by atoms with E-state index in [0.717, 1.165) is 25.7 Å². The van der Waals surface area contributed by atoms with Gasteiger partial charge in [0.05, 0.1) is 6.61 Å². The van der Waals surface area contributed by atoms with Crippen LogP contribution in [0.2, 0.25) is 0 Å². The predicted octanol–water partition coefficient (Wildman–Crippen LogP) is 4.82. The molecule has 0 amide bonds. The van der Waals surface area contributed by atoms with Crippen LogP contribution in [0.4, 0.5) is 0 Å². The van der Waals surface area contributed by atoms with Gasteiger partial charge in [-0.15, -0.1) is 12.4 Å². The first-order valence-electron chi connectivity index (χ1n) is 6.11. The Morgan fingerprint density at radius 1 is 0.824 bits per heavy atom. The first-order valence-corrected chi connectivity index (χ1v) is 6.11. The molecule has 0 aromatic carbocycles. The van der Waals surface area contributed by atoms with E-state index in [-0.39, 0.29) is 19.0 Å². The van der Waals surface area contributed by atoms with Gasteiger partial charge in [-0.3, -0.25) is 0 Å². The molecule has 0 heterocycles. The molecule has 0 fully saturated rings. The summed E-state index contributed by atoms with van der Waals surface area (Å²) in [6, 6.07) is 0.